The van der Waals surface area contributed by atoms with Crippen LogP contribution in [-0.4, -0.2) is 24.1 Å². The van der Waals surface area contributed by atoms with E-state index in [2.05, 4.69) is 10.3 Å². The lowest BCUT2D eigenvalue weighted by Crippen LogP contribution is -2.35. The molecule has 4 heteroatoms. The van der Waals surface area contributed by atoms with E-state index in [-0.39, 0.29) is 17.9 Å². The van der Waals surface area contributed by atoms with Gasteiger partial charge in [-0.3, -0.25) is 0 Å². The van der Waals surface area contributed by atoms with Crippen molar-refractivity contribution in [3.63, 3.8) is 0 Å². The zero-order valence-corrected chi connectivity index (χ0v) is 9.23. The van der Waals surface area contributed by atoms with Gasteiger partial charge >= 0.3 is 5.97 Å². The summed E-state index contributed by atoms with van der Waals surface area (Å²) in [5.74, 6) is 0.566. The number of hydrogen-bond acceptors (Lipinski definition) is 4. The molecule has 4 nitrogen and oxygen atoms in total. The molecule has 0 spiro atoms. The molecule has 0 aromatic carbocycles. The second-order valence-corrected chi connectivity index (χ2v) is 3.60. The highest BCUT2D eigenvalue weighted by atomic mass is 16.5. The van der Waals surface area contributed by atoms with Crippen LogP contribution in [0.3, 0.4) is 0 Å². The normalized spacial score (nSPS) is 12.3. The maximum absolute atomic E-state index is 11.4. The van der Waals surface area contributed by atoms with E-state index >= 15 is 0 Å². The van der Waals surface area contributed by atoms with E-state index in [1.54, 1.807) is 6.20 Å². The zero-order valence-electron chi connectivity index (χ0n) is 9.23. The maximum Gasteiger partial charge on any atom is 0.328 e. The Balaban J connectivity index is 2.72. The standard InChI is InChI=1S/C11H16N2O2/c1-8(2)10(11(14)15-3)13-9-6-4-5-7-12-9/h4-8,10H,1-3H3,(H,12,13). The van der Waals surface area contributed by atoms with Crippen molar-refractivity contribution in [2.24, 2.45) is 5.92 Å². The number of esters is 1. The summed E-state index contributed by atoms with van der Waals surface area (Å²) in [6.45, 7) is 3.91. The zero-order chi connectivity index (χ0) is 11.3. The van der Waals surface area contributed by atoms with Gasteiger partial charge in [-0.1, -0.05) is 19.9 Å². The molecule has 1 N–H and O–H groups in total. The molecule has 0 aliphatic rings. The number of carbonyl (C=O) groups excluding carboxylic acids is 1. The van der Waals surface area contributed by atoms with E-state index in [1.165, 1.54) is 7.11 Å². The quantitative estimate of drug-likeness (QED) is 0.765. The Bertz CT molecular complexity index is 312. The minimum absolute atomic E-state index is 0.152. The molecule has 1 aromatic rings. The van der Waals surface area contributed by atoms with Crippen molar-refractivity contribution in [1.29, 1.82) is 0 Å². The molecule has 1 unspecified atom stereocenters. The maximum atomic E-state index is 11.4. The van der Waals surface area contributed by atoms with Crippen molar-refractivity contribution in [1.82, 2.24) is 4.98 Å². The van der Waals surface area contributed by atoms with Crippen LogP contribution in [0.25, 0.3) is 0 Å². The smallest absolute Gasteiger partial charge is 0.328 e. The van der Waals surface area contributed by atoms with Crippen LogP contribution in [0.5, 0.6) is 0 Å². The van der Waals surface area contributed by atoms with Gasteiger partial charge in [-0.25, -0.2) is 9.78 Å². The van der Waals surface area contributed by atoms with Gasteiger partial charge < -0.3 is 10.1 Å². The van der Waals surface area contributed by atoms with Crippen LogP contribution in [-0.2, 0) is 9.53 Å². The largest absolute Gasteiger partial charge is 0.467 e. The van der Waals surface area contributed by atoms with Crippen LogP contribution in [0.15, 0.2) is 24.4 Å². The summed E-state index contributed by atoms with van der Waals surface area (Å²) in [7, 11) is 1.39. The molecule has 82 valence electrons. The molecule has 1 aromatic heterocycles. The number of pyridine rings is 1. The Morgan fingerprint density at radius 2 is 2.20 bits per heavy atom. The second-order valence-electron chi connectivity index (χ2n) is 3.60. The fourth-order valence-electron chi connectivity index (χ4n) is 1.23. The highest BCUT2D eigenvalue weighted by Gasteiger charge is 2.22. The van der Waals surface area contributed by atoms with Gasteiger partial charge in [-0.2, -0.15) is 0 Å². The Labute approximate surface area is 89.7 Å². The Morgan fingerprint density at radius 1 is 1.47 bits per heavy atom. The van der Waals surface area contributed by atoms with Crippen LogP contribution in [0.4, 0.5) is 5.82 Å². The Kier molecular flexibility index (Phi) is 4.09. The van der Waals surface area contributed by atoms with E-state index in [0.717, 1.165) is 0 Å². The lowest BCUT2D eigenvalue weighted by Gasteiger charge is -2.20. The number of hydrogen-bond donors (Lipinski definition) is 1. The summed E-state index contributed by atoms with van der Waals surface area (Å²) in [4.78, 5) is 15.5. The van der Waals surface area contributed by atoms with E-state index < -0.39 is 0 Å². The summed E-state index contributed by atoms with van der Waals surface area (Å²) in [5.41, 5.74) is 0. The van der Waals surface area contributed by atoms with Gasteiger partial charge in [0.05, 0.1) is 7.11 Å². The predicted molar refractivity (Wildman–Crippen MR) is 58.5 cm³/mol. The lowest BCUT2D eigenvalue weighted by molar-refractivity contribution is -0.142. The number of ether oxygens (including phenoxy) is 1. The highest BCUT2D eigenvalue weighted by Crippen LogP contribution is 2.10. The average Bonchev–Trinajstić information content (AvgIpc) is 2.26. The van der Waals surface area contributed by atoms with Crippen molar-refractivity contribution in [3.05, 3.63) is 24.4 Å². The number of methoxy groups -OCH3 is 1. The molecule has 0 saturated heterocycles. The van der Waals surface area contributed by atoms with Crippen molar-refractivity contribution in [2.45, 2.75) is 19.9 Å². The Hall–Kier alpha value is -1.58. The van der Waals surface area contributed by atoms with Crippen LogP contribution in [0.2, 0.25) is 0 Å². The van der Waals surface area contributed by atoms with E-state index in [0.29, 0.717) is 5.82 Å². The molecular weight excluding hydrogens is 192 g/mol. The van der Waals surface area contributed by atoms with E-state index in [4.69, 9.17) is 4.74 Å². The number of nitrogens with one attached hydrogen (secondary N) is 1. The number of rotatable bonds is 4. The van der Waals surface area contributed by atoms with Crippen LogP contribution in [0, 0.1) is 5.92 Å². The van der Waals surface area contributed by atoms with Gasteiger partial charge in [0, 0.05) is 6.20 Å². The molecule has 0 saturated carbocycles. The van der Waals surface area contributed by atoms with Crippen molar-refractivity contribution < 1.29 is 9.53 Å². The molecule has 1 heterocycles. The van der Waals surface area contributed by atoms with Gasteiger partial charge in [0.1, 0.15) is 11.9 Å². The van der Waals surface area contributed by atoms with Gasteiger partial charge in [0.2, 0.25) is 0 Å². The van der Waals surface area contributed by atoms with E-state index in [9.17, 15) is 4.79 Å². The summed E-state index contributed by atoms with van der Waals surface area (Å²) in [5, 5.41) is 3.04. The summed E-state index contributed by atoms with van der Waals surface area (Å²) in [6, 6.07) is 5.15. The van der Waals surface area contributed by atoms with Crippen molar-refractivity contribution in [3.8, 4) is 0 Å². The fourth-order valence-corrected chi connectivity index (χ4v) is 1.23. The number of aromatic nitrogens is 1. The fraction of sp³-hybridized carbons (Fsp3) is 0.455. The number of carbonyl (C=O) groups is 1. The van der Waals surface area contributed by atoms with Gasteiger partial charge in [0.25, 0.3) is 0 Å². The molecule has 0 amide bonds. The molecule has 0 aliphatic carbocycles. The van der Waals surface area contributed by atoms with Crippen LogP contribution in [0.1, 0.15) is 13.8 Å². The summed E-state index contributed by atoms with van der Waals surface area (Å²) < 4.78 is 4.72. The molecular formula is C11H16N2O2. The first-order valence-electron chi connectivity index (χ1n) is 4.90. The first-order valence-corrected chi connectivity index (χ1v) is 4.90. The van der Waals surface area contributed by atoms with Gasteiger partial charge in [-0.15, -0.1) is 0 Å². The topological polar surface area (TPSA) is 51.2 Å². The third-order valence-electron chi connectivity index (χ3n) is 2.09. The summed E-state index contributed by atoms with van der Waals surface area (Å²) in [6.07, 6.45) is 1.68. The molecule has 0 bridgehead atoms. The van der Waals surface area contributed by atoms with Crippen LogP contribution < -0.4 is 5.32 Å². The third kappa shape index (κ3) is 3.23. The van der Waals surface area contributed by atoms with Crippen molar-refractivity contribution in [2.75, 3.05) is 12.4 Å². The van der Waals surface area contributed by atoms with Gasteiger partial charge in [0.15, 0.2) is 0 Å². The van der Waals surface area contributed by atoms with Crippen LogP contribution >= 0.6 is 0 Å². The third-order valence-corrected chi connectivity index (χ3v) is 2.09. The lowest BCUT2D eigenvalue weighted by atomic mass is 10.0. The molecule has 0 radical (unpaired) electrons. The highest BCUT2D eigenvalue weighted by molar-refractivity contribution is 5.79. The minimum atomic E-state index is -0.357. The molecule has 15 heavy (non-hydrogen) atoms. The molecule has 0 fully saturated rings. The second kappa shape index (κ2) is 5.34. The number of nitrogens with zero attached hydrogens (tertiary/aromatic N) is 1. The first-order chi connectivity index (χ1) is 7.15. The molecule has 0 aliphatic heterocycles. The average molecular weight is 208 g/mol. The molecule has 1 atom stereocenters. The first kappa shape index (κ1) is 11.5. The SMILES string of the molecule is COC(=O)C(Nc1ccccn1)C(C)C. The Morgan fingerprint density at radius 3 is 2.67 bits per heavy atom. The van der Waals surface area contributed by atoms with Crippen molar-refractivity contribution >= 4 is 11.8 Å². The van der Waals surface area contributed by atoms with E-state index in [1.807, 2.05) is 32.0 Å². The summed E-state index contributed by atoms with van der Waals surface area (Å²) >= 11 is 0. The minimum Gasteiger partial charge on any atom is -0.467 e. The molecule has 1 rings (SSSR count). The predicted octanol–water partition coefficient (Wildman–Crippen LogP) is 1.69. The number of anilines is 1. The monoisotopic (exact) mass is 208 g/mol. The van der Waals surface area contributed by atoms with Gasteiger partial charge in [-0.05, 0) is 18.1 Å².